The maximum Gasteiger partial charge on any atom is 0.0255 e. The van der Waals surface area contributed by atoms with E-state index >= 15 is 0 Å². The zero-order valence-electron chi connectivity index (χ0n) is 9.72. The van der Waals surface area contributed by atoms with Crippen LogP contribution >= 0.6 is 0 Å². The molecule has 0 amide bonds. The number of likely N-dealkylation sites (N-methyl/N-ethyl adjacent to an activating group) is 1. The summed E-state index contributed by atoms with van der Waals surface area (Å²) in [4.78, 5) is 2.50. The van der Waals surface area contributed by atoms with Gasteiger partial charge in [0, 0.05) is 19.1 Å². The van der Waals surface area contributed by atoms with Crippen molar-refractivity contribution in [1.29, 1.82) is 0 Å². The Balaban J connectivity index is 2.43. The van der Waals surface area contributed by atoms with Gasteiger partial charge in [-0.15, -0.1) is 0 Å². The Bertz CT molecular complexity index is 160. The highest BCUT2D eigenvalue weighted by Crippen LogP contribution is 2.20. The maximum absolute atomic E-state index is 3.45. The van der Waals surface area contributed by atoms with Gasteiger partial charge < -0.3 is 10.2 Å². The first kappa shape index (κ1) is 11.0. The summed E-state index contributed by atoms with van der Waals surface area (Å²) in [5.41, 5.74) is 0.414. The Morgan fingerprint density at radius 3 is 2.31 bits per heavy atom. The van der Waals surface area contributed by atoms with Crippen molar-refractivity contribution >= 4 is 0 Å². The quantitative estimate of drug-likeness (QED) is 0.701. The summed E-state index contributed by atoms with van der Waals surface area (Å²) in [5, 5.41) is 3.45. The lowest BCUT2D eigenvalue weighted by Gasteiger charge is -2.32. The van der Waals surface area contributed by atoms with Gasteiger partial charge in [-0.1, -0.05) is 27.7 Å². The van der Waals surface area contributed by atoms with Crippen molar-refractivity contribution in [2.45, 2.75) is 33.7 Å². The largest absolute Gasteiger partial charge is 0.315 e. The molecule has 1 heterocycles. The van der Waals surface area contributed by atoms with E-state index in [1.165, 1.54) is 13.1 Å². The van der Waals surface area contributed by atoms with Crippen LogP contribution in [0.15, 0.2) is 0 Å². The molecule has 2 nitrogen and oxygen atoms in total. The molecule has 78 valence electrons. The summed E-state index contributed by atoms with van der Waals surface area (Å²) in [7, 11) is 2.25. The average molecular weight is 184 g/mol. The van der Waals surface area contributed by atoms with Crippen molar-refractivity contribution in [2.75, 3.05) is 26.7 Å². The summed E-state index contributed by atoms with van der Waals surface area (Å²) < 4.78 is 0. The molecule has 0 aromatic carbocycles. The Hall–Kier alpha value is -0.0800. The highest BCUT2D eigenvalue weighted by Gasteiger charge is 2.28. The first-order valence-corrected chi connectivity index (χ1v) is 5.31. The van der Waals surface area contributed by atoms with Gasteiger partial charge in [0.25, 0.3) is 0 Å². The first-order valence-electron chi connectivity index (χ1n) is 5.31. The molecule has 0 saturated carbocycles. The van der Waals surface area contributed by atoms with Crippen LogP contribution in [0, 0.1) is 11.3 Å². The zero-order chi connectivity index (χ0) is 10.1. The lowest BCUT2D eigenvalue weighted by Crippen LogP contribution is -2.41. The molecule has 1 rings (SSSR count). The van der Waals surface area contributed by atoms with Gasteiger partial charge >= 0.3 is 0 Å². The van der Waals surface area contributed by atoms with E-state index in [-0.39, 0.29) is 0 Å². The van der Waals surface area contributed by atoms with Gasteiger partial charge in [-0.3, -0.25) is 0 Å². The fraction of sp³-hybridized carbons (Fsp3) is 1.00. The van der Waals surface area contributed by atoms with Gasteiger partial charge in [-0.25, -0.2) is 0 Å². The van der Waals surface area contributed by atoms with E-state index in [1.807, 2.05) is 0 Å². The molecular formula is C11H24N2. The Morgan fingerprint density at radius 1 is 1.31 bits per heavy atom. The minimum absolute atomic E-state index is 0.414. The Labute approximate surface area is 82.7 Å². The van der Waals surface area contributed by atoms with Crippen LogP contribution in [-0.2, 0) is 0 Å². The Morgan fingerprint density at radius 2 is 1.92 bits per heavy atom. The van der Waals surface area contributed by atoms with Crippen LogP contribution in [0.4, 0.5) is 0 Å². The van der Waals surface area contributed by atoms with Crippen molar-refractivity contribution in [1.82, 2.24) is 10.2 Å². The minimum atomic E-state index is 0.414. The van der Waals surface area contributed by atoms with E-state index in [4.69, 9.17) is 0 Å². The van der Waals surface area contributed by atoms with Crippen LogP contribution < -0.4 is 5.32 Å². The van der Waals surface area contributed by atoms with E-state index in [9.17, 15) is 0 Å². The van der Waals surface area contributed by atoms with Crippen molar-refractivity contribution in [3.05, 3.63) is 0 Å². The number of nitrogens with zero attached hydrogens (tertiary/aromatic N) is 1. The van der Waals surface area contributed by atoms with Crippen LogP contribution in [0.5, 0.6) is 0 Å². The SMILES string of the molecule is CC1CNCC1N(C)CC(C)(C)C. The second kappa shape index (κ2) is 3.97. The molecule has 1 aliphatic heterocycles. The van der Waals surface area contributed by atoms with Crippen LogP contribution in [0.25, 0.3) is 0 Å². The summed E-state index contributed by atoms with van der Waals surface area (Å²) in [5.74, 6) is 0.798. The molecule has 0 spiro atoms. The third-order valence-corrected chi connectivity index (χ3v) is 2.77. The second-order valence-corrected chi connectivity index (χ2v) is 5.68. The van der Waals surface area contributed by atoms with E-state index in [0.29, 0.717) is 5.41 Å². The standard InChI is InChI=1S/C11H24N2/c1-9-6-12-7-10(9)13(5)8-11(2,3)4/h9-10,12H,6-8H2,1-5H3. The predicted molar refractivity (Wildman–Crippen MR) is 57.9 cm³/mol. The molecule has 0 aromatic heterocycles. The Kier molecular flexibility index (Phi) is 3.36. The lowest BCUT2D eigenvalue weighted by molar-refractivity contribution is 0.158. The summed E-state index contributed by atoms with van der Waals surface area (Å²) >= 11 is 0. The molecule has 0 aliphatic carbocycles. The highest BCUT2D eigenvalue weighted by molar-refractivity contribution is 4.86. The molecule has 1 N–H and O–H groups in total. The molecule has 1 aliphatic rings. The number of rotatable bonds is 2. The average Bonchev–Trinajstić information content (AvgIpc) is 2.30. The van der Waals surface area contributed by atoms with Crippen molar-refractivity contribution in [3.8, 4) is 0 Å². The van der Waals surface area contributed by atoms with Gasteiger partial charge in [-0.05, 0) is 24.9 Å². The van der Waals surface area contributed by atoms with Gasteiger partial charge in [0.2, 0.25) is 0 Å². The molecular weight excluding hydrogens is 160 g/mol. The normalized spacial score (nSPS) is 30.0. The molecule has 1 fully saturated rings. The number of hydrogen-bond donors (Lipinski definition) is 1. The molecule has 0 bridgehead atoms. The highest BCUT2D eigenvalue weighted by atomic mass is 15.2. The van der Waals surface area contributed by atoms with Crippen LogP contribution in [0.1, 0.15) is 27.7 Å². The van der Waals surface area contributed by atoms with E-state index in [1.54, 1.807) is 0 Å². The van der Waals surface area contributed by atoms with Crippen molar-refractivity contribution in [2.24, 2.45) is 11.3 Å². The third kappa shape index (κ3) is 3.28. The molecule has 1 saturated heterocycles. The van der Waals surface area contributed by atoms with Crippen molar-refractivity contribution in [3.63, 3.8) is 0 Å². The maximum atomic E-state index is 3.45. The number of nitrogens with one attached hydrogen (secondary N) is 1. The number of hydrogen-bond acceptors (Lipinski definition) is 2. The zero-order valence-corrected chi connectivity index (χ0v) is 9.72. The molecule has 0 aromatic rings. The van der Waals surface area contributed by atoms with Crippen LogP contribution in [-0.4, -0.2) is 37.6 Å². The van der Waals surface area contributed by atoms with Gasteiger partial charge in [-0.2, -0.15) is 0 Å². The smallest absolute Gasteiger partial charge is 0.0255 e. The van der Waals surface area contributed by atoms with E-state index < -0.39 is 0 Å². The monoisotopic (exact) mass is 184 g/mol. The first-order chi connectivity index (χ1) is 5.90. The summed E-state index contributed by atoms with van der Waals surface area (Å²) in [6.45, 7) is 12.8. The molecule has 13 heavy (non-hydrogen) atoms. The van der Waals surface area contributed by atoms with Gasteiger partial charge in [0.1, 0.15) is 0 Å². The minimum Gasteiger partial charge on any atom is -0.315 e. The van der Waals surface area contributed by atoms with Gasteiger partial charge in [0.15, 0.2) is 0 Å². The predicted octanol–water partition coefficient (Wildman–Crippen LogP) is 1.57. The molecule has 2 atom stereocenters. The third-order valence-electron chi connectivity index (χ3n) is 2.77. The molecule has 2 unspecified atom stereocenters. The fourth-order valence-electron chi connectivity index (χ4n) is 2.25. The molecule has 2 heteroatoms. The summed E-state index contributed by atoms with van der Waals surface area (Å²) in [6, 6.07) is 0.735. The van der Waals surface area contributed by atoms with Crippen LogP contribution in [0.2, 0.25) is 0 Å². The van der Waals surface area contributed by atoms with E-state index in [0.717, 1.165) is 18.5 Å². The van der Waals surface area contributed by atoms with Crippen molar-refractivity contribution < 1.29 is 0 Å². The summed E-state index contributed by atoms with van der Waals surface area (Å²) in [6.07, 6.45) is 0. The molecule has 0 radical (unpaired) electrons. The second-order valence-electron chi connectivity index (χ2n) is 5.68. The lowest BCUT2D eigenvalue weighted by atomic mass is 9.94. The van der Waals surface area contributed by atoms with E-state index in [2.05, 4.69) is 45.0 Å². The topological polar surface area (TPSA) is 15.3 Å². The van der Waals surface area contributed by atoms with Crippen LogP contribution in [0.3, 0.4) is 0 Å². The van der Waals surface area contributed by atoms with Gasteiger partial charge in [0.05, 0.1) is 0 Å². The fourth-order valence-corrected chi connectivity index (χ4v) is 2.25.